The second kappa shape index (κ2) is 41.3. The van der Waals surface area contributed by atoms with E-state index in [4.69, 9.17) is 4.84 Å². The summed E-state index contributed by atoms with van der Waals surface area (Å²) >= 11 is 0. The minimum Gasteiger partial charge on any atom is -0.345 e. The van der Waals surface area contributed by atoms with Crippen molar-refractivity contribution in [1.29, 1.82) is 0 Å². The molecule has 0 radical (unpaired) electrons. The summed E-state index contributed by atoms with van der Waals surface area (Å²) in [6.07, 6.45) is 1.55. The van der Waals surface area contributed by atoms with E-state index in [1.54, 1.807) is 107 Å². The minimum absolute atomic E-state index is 0.0370. The van der Waals surface area contributed by atoms with E-state index in [0.717, 1.165) is 34.8 Å². The molecule has 598 valence electrons. The fraction of sp³-hybridized carbons (Fsp3) is 0.605. The van der Waals surface area contributed by atoms with Gasteiger partial charge in [-0.25, -0.2) is 5.06 Å². The van der Waals surface area contributed by atoms with Gasteiger partial charge in [-0.05, 0) is 126 Å². The number of benzene rings is 3. The molecule has 3 aromatic carbocycles. The van der Waals surface area contributed by atoms with E-state index < -0.39 is 180 Å². The normalized spacial score (nSPS) is 24.5. The number of amides is 13. The van der Waals surface area contributed by atoms with Crippen molar-refractivity contribution >= 4 is 82.6 Å². The van der Waals surface area contributed by atoms with Crippen LogP contribution in [0.4, 0.5) is 0 Å². The molecule has 0 aromatic heterocycles. The van der Waals surface area contributed by atoms with E-state index in [9.17, 15) is 57.5 Å². The molecule has 1 unspecified atom stereocenters. The maximum absolute atomic E-state index is 15.5. The number of carbonyl (C=O) groups is 14. The summed E-state index contributed by atoms with van der Waals surface area (Å²) in [4.78, 5) is 218. The molecule has 14 atom stereocenters. The van der Waals surface area contributed by atoms with Crippen LogP contribution in [0.3, 0.4) is 0 Å². The average Bonchev–Trinajstić information content (AvgIpc) is 1.69. The number of piperidine rings is 1. The molecular weight excluding hydrogens is 1390 g/mol. The number of nitrogens with zero attached hydrogens (tertiary/aromatic N) is 6. The van der Waals surface area contributed by atoms with Gasteiger partial charge in [-0.1, -0.05) is 153 Å². The number of hydrogen-bond donors (Lipinski definition) is 7. The highest BCUT2D eigenvalue weighted by Crippen LogP contribution is 2.27. The van der Waals surface area contributed by atoms with Gasteiger partial charge in [0.2, 0.25) is 70.9 Å². The predicted octanol–water partition coefficient (Wildman–Crippen LogP) is 4.06. The van der Waals surface area contributed by atoms with E-state index in [0.29, 0.717) is 30.6 Å². The molecule has 0 spiro atoms. The third kappa shape index (κ3) is 24.7. The van der Waals surface area contributed by atoms with Gasteiger partial charge in [0.25, 0.3) is 5.91 Å². The van der Waals surface area contributed by atoms with Crippen LogP contribution in [0.1, 0.15) is 158 Å². The number of likely N-dealkylation sites (N-methyl/N-ethyl adjacent to an activating group) is 4. The van der Waals surface area contributed by atoms with Crippen LogP contribution >= 0.6 is 0 Å². The van der Waals surface area contributed by atoms with Gasteiger partial charge in [0.05, 0.1) is 19.0 Å². The van der Waals surface area contributed by atoms with Crippen LogP contribution in [0, 0.1) is 35.5 Å². The first-order valence-electron chi connectivity index (χ1n) is 38.5. The van der Waals surface area contributed by atoms with Crippen molar-refractivity contribution in [3.05, 3.63) is 108 Å². The zero-order chi connectivity index (χ0) is 80.8. The van der Waals surface area contributed by atoms with Gasteiger partial charge in [-0.15, -0.1) is 0 Å². The summed E-state index contributed by atoms with van der Waals surface area (Å²) in [7, 11) is 5.52. The first-order valence-corrected chi connectivity index (χ1v) is 38.5. The standard InChI is InChI=1S/C81H119N13O15/c1-47(2)40-62-75(102)88-68-55(13)109-94(81(68)108)63(44-58-34-26-20-27-35-58)74(101)82-46-66(96)89(14)64(41-48(3)4)79(106)92(17)69(50(7)8)76(103)84-53(11)71(98)86-60(45-65(95)83-52(10)72(99)87-67(49(5)6)80(107)91(62)16)78(105)90(15)61(43-57-32-24-19-25-33-57)70(97)51(9)36-37-59(42-56-30-22-18-23-31-56)73(100)85-54(12)77(104)93-38-28-21-29-39-93/h18-20,22-27,30-35,47-55,59-64,67-69H,21,28-29,36-46H2,1-17H3,(H,82,101)(H,83,95)(H,84,103)(H,85,100)(H,86,98)(H,87,99)(H,88,102)/t51?,52-,53-,54-,55+,59-,60-,61-,62-,63-,64-,67-,68-,69-/m0/s1. The van der Waals surface area contributed by atoms with Crippen molar-refractivity contribution in [1.82, 2.24) is 66.8 Å². The van der Waals surface area contributed by atoms with Gasteiger partial charge in [-0.3, -0.25) is 72.0 Å². The fourth-order valence-electron chi connectivity index (χ4n) is 14.2. The molecule has 3 saturated heterocycles. The number of likely N-dealkylation sites (tertiary alicyclic amines) is 1. The molecule has 28 heteroatoms. The third-order valence-corrected chi connectivity index (χ3v) is 20.8. The maximum Gasteiger partial charge on any atom is 0.272 e. The van der Waals surface area contributed by atoms with Crippen molar-refractivity contribution in [3.8, 4) is 0 Å². The molecule has 0 saturated carbocycles. The van der Waals surface area contributed by atoms with E-state index in [1.807, 2.05) is 58.0 Å². The van der Waals surface area contributed by atoms with Gasteiger partial charge in [0.1, 0.15) is 66.5 Å². The number of hydroxylamine groups is 2. The summed E-state index contributed by atoms with van der Waals surface area (Å²) in [6, 6.07) is 12.3. The molecule has 13 amide bonds. The number of ketones is 1. The summed E-state index contributed by atoms with van der Waals surface area (Å²) in [6.45, 7) is 22.1. The average molecular weight is 1510 g/mol. The highest BCUT2D eigenvalue weighted by Gasteiger charge is 2.48. The molecule has 109 heavy (non-hydrogen) atoms. The molecule has 3 aromatic rings. The quantitative estimate of drug-likeness (QED) is 0.0746. The third-order valence-electron chi connectivity index (χ3n) is 20.8. The fourth-order valence-corrected chi connectivity index (χ4v) is 14.2. The number of rotatable bonds is 22. The van der Waals surface area contributed by atoms with Crippen LogP contribution in [-0.4, -0.2) is 233 Å². The van der Waals surface area contributed by atoms with Crippen LogP contribution in [-0.2, 0) is 91.2 Å². The number of nitrogens with one attached hydrogen (secondary N) is 7. The Balaban J connectivity index is 1.37. The van der Waals surface area contributed by atoms with Crippen molar-refractivity contribution in [2.24, 2.45) is 35.5 Å². The lowest BCUT2D eigenvalue weighted by atomic mass is 9.86. The Hall–Kier alpha value is -9.60. The minimum atomic E-state index is -1.80. The SMILES string of the molecule is CC(C)C[C@H]1C(=O)N(C)[C@@H](C(C)C)C(=O)N[C@@H](C)C(=O)N[C@H](C(=O)N(C)[C@@H](Cc2ccccc2)C(=O)C(C)CC[C@@H](Cc2ccccc2)C(=O)N[C@@H](C)C(=O)N2CCCCC2)CC(=O)N[C@@H](C)C(=O)N[C@@H](C(C)C)C(=O)N(C)[C@@H](CC(C)C)C(=O)N[C@@H]2C(=O)N(O[C@@H]2C)[C@@H](Cc2ccccc2)C(=O)NCC(=O)N1C. The summed E-state index contributed by atoms with van der Waals surface area (Å²) in [5.41, 5.74) is 2.13. The highest BCUT2D eigenvalue weighted by molar-refractivity contribution is 6.01. The zero-order valence-corrected chi connectivity index (χ0v) is 66.8. The van der Waals surface area contributed by atoms with E-state index in [2.05, 4.69) is 37.2 Å². The molecule has 28 nitrogen and oxygen atoms in total. The van der Waals surface area contributed by atoms with Crippen molar-refractivity contribution in [3.63, 3.8) is 0 Å². The molecule has 3 heterocycles. The molecule has 2 bridgehead atoms. The zero-order valence-electron chi connectivity index (χ0n) is 66.8. The van der Waals surface area contributed by atoms with Gasteiger partial charge >= 0.3 is 0 Å². The Morgan fingerprint density at radius 1 is 0.550 bits per heavy atom. The first-order chi connectivity index (χ1) is 51.4. The van der Waals surface area contributed by atoms with Gasteiger partial charge in [0.15, 0.2) is 5.78 Å². The number of hydrogen-bond acceptors (Lipinski definition) is 15. The van der Waals surface area contributed by atoms with E-state index in [1.165, 1.54) is 63.7 Å². The predicted molar refractivity (Wildman–Crippen MR) is 410 cm³/mol. The van der Waals surface area contributed by atoms with Crippen LogP contribution < -0.4 is 37.2 Å². The van der Waals surface area contributed by atoms with Crippen molar-refractivity contribution < 1.29 is 72.0 Å². The molecule has 7 N–H and O–H groups in total. The Morgan fingerprint density at radius 2 is 1.09 bits per heavy atom. The largest absolute Gasteiger partial charge is 0.345 e. The maximum atomic E-state index is 15.5. The molecule has 6 rings (SSSR count). The van der Waals surface area contributed by atoms with E-state index >= 15 is 9.59 Å². The van der Waals surface area contributed by atoms with Gasteiger partial charge in [0, 0.05) is 59.5 Å². The smallest absolute Gasteiger partial charge is 0.272 e. The lowest BCUT2D eigenvalue weighted by Crippen LogP contribution is -2.61. The number of Topliss-reactive ketones (excluding diaryl/α,β-unsaturated/α-hetero) is 1. The Bertz CT molecular complexity index is 3650. The van der Waals surface area contributed by atoms with Crippen LogP contribution in [0.15, 0.2) is 91.0 Å². The molecular formula is C81H119N13O15. The van der Waals surface area contributed by atoms with Crippen molar-refractivity contribution in [2.75, 3.05) is 47.8 Å². The highest BCUT2D eigenvalue weighted by atomic mass is 16.7. The summed E-state index contributed by atoms with van der Waals surface area (Å²) in [5.74, 6) is -13.1. The lowest BCUT2D eigenvalue weighted by molar-refractivity contribution is -0.189. The van der Waals surface area contributed by atoms with E-state index in [-0.39, 0.29) is 62.2 Å². The van der Waals surface area contributed by atoms with Crippen LogP contribution in [0.5, 0.6) is 0 Å². The van der Waals surface area contributed by atoms with Crippen LogP contribution in [0.2, 0.25) is 0 Å². The summed E-state index contributed by atoms with van der Waals surface area (Å²) in [5, 5.41) is 19.9. The Kier molecular flexibility index (Phi) is 33.4. The molecule has 0 aliphatic carbocycles. The first kappa shape index (κ1) is 88.3. The molecule has 3 aliphatic heterocycles. The van der Waals surface area contributed by atoms with Crippen LogP contribution in [0.25, 0.3) is 0 Å². The van der Waals surface area contributed by atoms with Crippen molar-refractivity contribution in [2.45, 2.75) is 233 Å². The number of carbonyl (C=O) groups excluding carboxylic acids is 14. The number of fused-ring (bicyclic) bond motifs is 2. The molecule has 3 fully saturated rings. The van der Waals surface area contributed by atoms with Gasteiger partial charge < -0.3 is 61.7 Å². The Labute approximate surface area is 642 Å². The van der Waals surface area contributed by atoms with Gasteiger partial charge in [-0.2, -0.15) is 0 Å². The Morgan fingerprint density at radius 3 is 1.65 bits per heavy atom. The molecule has 3 aliphatic rings. The second-order valence-electron chi connectivity index (χ2n) is 31.3. The lowest BCUT2D eigenvalue weighted by Gasteiger charge is -2.37. The monoisotopic (exact) mass is 1510 g/mol. The summed E-state index contributed by atoms with van der Waals surface area (Å²) < 4.78 is 0. The topological polar surface area (TPSA) is 352 Å². The second-order valence-corrected chi connectivity index (χ2v) is 31.3.